The van der Waals surface area contributed by atoms with Gasteiger partial charge in [0.25, 0.3) is 0 Å². The van der Waals surface area contributed by atoms with Crippen molar-refractivity contribution in [1.82, 2.24) is 10.5 Å². The van der Waals surface area contributed by atoms with Crippen molar-refractivity contribution in [3.05, 3.63) is 42.3 Å². The van der Waals surface area contributed by atoms with Gasteiger partial charge < -0.3 is 20.9 Å². The lowest BCUT2D eigenvalue weighted by atomic mass is 10.3. The summed E-state index contributed by atoms with van der Waals surface area (Å²) in [6.07, 6.45) is 1.52. The second-order valence-corrected chi connectivity index (χ2v) is 3.41. The number of benzene rings is 1. The van der Waals surface area contributed by atoms with Crippen molar-refractivity contribution in [3.8, 4) is 0 Å². The average molecular weight is 232 g/mol. The highest BCUT2D eigenvalue weighted by Gasteiger charge is 2.03. The molecule has 17 heavy (non-hydrogen) atoms. The molecule has 6 heteroatoms. The maximum absolute atomic E-state index is 11.5. The highest BCUT2D eigenvalue weighted by atomic mass is 16.5. The fourth-order valence-electron chi connectivity index (χ4n) is 1.29. The predicted molar refractivity (Wildman–Crippen MR) is 63.2 cm³/mol. The molecule has 0 radical (unpaired) electrons. The van der Waals surface area contributed by atoms with Crippen molar-refractivity contribution in [2.75, 3.05) is 11.1 Å². The molecule has 88 valence electrons. The number of rotatable bonds is 3. The molecular formula is C11H12N4O2. The number of hydrogen-bond acceptors (Lipinski definition) is 4. The number of hydrogen-bond donors (Lipinski definition) is 3. The van der Waals surface area contributed by atoms with Crippen LogP contribution in [0.3, 0.4) is 0 Å². The third kappa shape index (κ3) is 3.23. The van der Waals surface area contributed by atoms with Crippen LogP contribution in [-0.2, 0) is 6.54 Å². The van der Waals surface area contributed by atoms with Crippen molar-refractivity contribution >= 4 is 17.4 Å². The molecule has 0 fully saturated rings. The molecule has 0 saturated heterocycles. The molecule has 2 aromatic rings. The van der Waals surface area contributed by atoms with E-state index in [1.165, 1.54) is 6.20 Å². The van der Waals surface area contributed by atoms with E-state index in [4.69, 9.17) is 10.3 Å². The van der Waals surface area contributed by atoms with Crippen LogP contribution in [0.2, 0.25) is 0 Å². The fraction of sp³-hybridized carbons (Fsp3) is 0.0909. The highest BCUT2D eigenvalue weighted by molar-refractivity contribution is 5.89. The second-order valence-electron chi connectivity index (χ2n) is 3.41. The van der Waals surface area contributed by atoms with Crippen LogP contribution < -0.4 is 16.4 Å². The molecule has 0 atom stereocenters. The van der Waals surface area contributed by atoms with E-state index in [2.05, 4.69) is 15.8 Å². The summed E-state index contributed by atoms with van der Waals surface area (Å²) in [5.74, 6) is 0.590. The molecule has 1 aromatic carbocycles. The van der Waals surface area contributed by atoms with Gasteiger partial charge in [-0.1, -0.05) is 11.2 Å². The molecule has 0 bridgehead atoms. The summed E-state index contributed by atoms with van der Waals surface area (Å²) in [5.41, 5.74) is 6.82. The summed E-state index contributed by atoms with van der Waals surface area (Å²) in [4.78, 5) is 11.5. The van der Waals surface area contributed by atoms with Crippen LogP contribution in [-0.4, -0.2) is 11.2 Å². The van der Waals surface area contributed by atoms with Gasteiger partial charge >= 0.3 is 6.03 Å². The third-order valence-electron chi connectivity index (χ3n) is 2.06. The first kappa shape index (κ1) is 11.0. The SMILES string of the molecule is Nc1cccc(NC(=O)NCc2ccno2)c1. The number of aromatic nitrogens is 1. The molecule has 0 aliphatic carbocycles. The van der Waals surface area contributed by atoms with E-state index >= 15 is 0 Å². The summed E-state index contributed by atoms with van der Waals surface area (Å²) >= 11 is 0. The lowest BCUT2D eigenvalue weighted by molar-refractivity contribution is 0.250. The molecule has 0 aliphatic heterocycles. The fourth-order valence-corrected chi connectivity index (χ4v) is 1.29. The van der Waals surface area contributed by atoms with Gasteiger partial charge in [-0.2, -0.15) is 0 Å². The van der Waals surface area contributed by atoms with Crippen LogP contribution in [0, 0.1) is 0 Å². The van der Waals surface area contributed by atoms with Gasteiger partial charge in [-0.25, -0.2) is 4.79 Å². The Balaban J connectivity index is 1.85. The summed E-state index contributed by atoms with van der Waals surface area (Å²) < 4.78 is 4.84. The number of nitrogen functional groups attached to an aromatic ring is 1. The molecule has 0 unspecified atom stereocenters. The van der Waals surface area contributed by atoms with Crippen LogP contribution in [0.1, 0.15) is 5.76 Å². The average Bonchev–Trinajstić information content (AvgIpc) is 2.79. The minimum absolute atomic E-state index is 0.286. The van der Waals surface area contributed by atoms with Gasteiger partial charge in [-0.15, -0.1) is 0 Å². The minimum atomic E-state index is -0.327. The van der Waals surface area contributed by atoms with Crippen LogP contribution in [0.25, 0.3) is 0 Å². The Morgan fingerprint density at radius 3 is 3.00 bits per heavy atom. The predicted octanol–water partition coefficient (Wildman–Crippen LogP) is 1.58. The van der Waals surface area contributed by atoms with E-state index in [-0.39, 0.29) is 12.6 Å². The number of nitrogens with two attached hydrogens (primary N) is 1. The second kappa shape index (κ2) is 5.02. The van der Waals surface area contributed by atoms with Crippen LogP contribution in [0.5, 0.6) is 0 Å². The Morgan fingerprint density at radius 2 is 2.29 bits per heavy atom. The van der Waals surface area contributed by atoms with E-state index in [0.29, 0.717) is 17.1 Å². The molecule has 1 aromatic heterocycles. The molecule has 0 spiro atoms. The Hall–Kier alpha value is -2.50. The van der Waals surface area contributed by atoms with Crippen molar-refractivity contribution in [3.63, 3.8) is 0 Å². The minimum Gasteiger partial charge on any atom is -0.399 e. The van der Waals surface area contributed by atoms with E-state index < -0.39 is 0 Å². The first-order chi connectivity index (χ1) is 8.24. The first-order valence-corrected chi connectivity index (χ1v) is 5.04. The normalized spacial score (nSPS) is 9.88. The van der Waals surface area contributed by atoms with Gasteiger partial charge in [0.15, 0.2) is 5.76 Å². The van der Waals surface area contributed by atoms with Gasteiger partial charge in [-0.05, 0) is 18.2 Å². The van der Waals surface area contributed by atoms with Gasteiger partial charge in [0.05, 0.1) is 12.7 Å². The summed E-state index contributed by atoms with van der Waals surface area (Å²) in [6, 6.07) is 8.30. The van der Waals surface area contributed by atoms with Crippen LogP contribution in [0.15, 0.2) is 41.1 Å². The van der Waals surface area contributed by atoms with E-state index in [9.17, 15) is 4.79 Å². The number of carbonyl (C=O) groups is 1. The Bertz CT molecular complexity index is 496. The zero-order valence-electron chi connectivity index (χ0n) is 9.01. The van der Waals surface area contributed by atoms with Gasteiger partial charge in [-0.3, -0.25) is 0 Å². The quantitative estimate of drug-likeness (QED) is 0.700. The smallest absolute Gasteiger partial charge is 0.319 e. The zero-order valence-corrected chi connectivity index (χ0v) is 9.01. The molecule has 2 rings (SSSR count). The number of nitrogens with one attached hydrogen (secondary N) is 2. The van der Waals surface area contributed by atoms with Crippen LogP contribution in [0.4, 0.5) is 16.2 Å². The molecule has 0 saturated carbocycles. The monoisotopic (exact) mass is 232 g/mol. The number of urea groups is 1. The lowest BCUT2D eigenvalue weighted by Crippen LogP contribution is -2.28. The zero-order chi connectivity index (χ0) is 12.1. The number of nitrogens with zero attached hydrogens (tertiary/aromatic N) is 1. The Morgan fingerprint density at radius 1 is 1.41 bits per heavy atom. The van der Waals surface area contributed by atoms with E-state index in [1.807, 2.05) is 0 Å². The van der Waals surface area contributed by atoms with Crippen LogP contribution >= 0.6 is 0 Å². The van der Waals surface area contributed by atoms with Crippen molar-refractivity contribution in [1.29, 1.82) is 0 Å². The lowest BCUT2D eigenvalue weighted by Gasteiger charge is -2.06. The number of carbonyl (C=O) groups excluding carboxylic acids is 1. The molecule has 6 nitrogen and oxygen atoms in total. The third-order valence-corrected chi connectivity index (χ3v) is 2.06. The molecular weight excluding hydrogens is 220 g/mol. The number of amides is 2. The topological polar surface area (TPSA) is 93.2 Å². The maximum Gasteiger partial charge on any atom is 0.319 e. The van der Waals surface area contributed by atoms with Gasteiger partial charge in [0, 0.05) is 17.4 Å². The van der Waals surface area contributed by atoms with E-state index in [0.717, 1.165) is 0 Å². The first-order valence-electron chi connectivity index (χ1n) is 5.04. The molecule has 4 N–H and O–H groups in total. The number of anilines is 2. The van der Waals surface area contributed by atoms with Crippen molar-refractivity contribution in [2.24, 2.45) is 0 Å². The largest absolute Gasteiger partial charge is 0.399 e. The molecule has 0 aliphatic rings. The van der Waals surface area contributed by atoms with Crippen molar-refractivity contribution < 1.29 is 9.32 Å². The molecule has 2 amide bonds. The highest BCUT2D eigenvalue weighted by Crippen LogP contribution is 2.11. The maximum atomic E-state index is 11.5. The Labute approximate surface area is 97.8 Å². The van der Waals surface area contributed by atoms with Gasteiger partial charge in [0.1, 0.15) is 0 Å². The summed E-state index contributed by atoms with van der Waals surface area (Å²) in [7, 11) is 0. The molecule has 1 heterocycles. The van der Waals surface area contributed by atoms with Gasteiger partial charge in [0.2, 0.25) is 0 Å². The summed E-state index contributed by atoms with van der Waals surface area (Å²) in [6.45, 7) is 0.286. The standard InChI is InChI=1S/C11H12N4O2/c12-8-2-1-3-9(6-8)15-11(16)13-7-10-4-5-14-17-10/h1-6H,7,12H2,(H2,13,15,16). The Kier molecular flexibility index (Phi) is 3.25. The summed E-state index contributed by atoms with van der Waals surface area (Å²) in [5, 5.41) is 8.81. The van der Waals surface area contributed by atoms with E-state index in [1.54, 1.807) is 30.3 Å². The van der Waals surface area contributed by atoms with Crippen molar-refractivity contribution in [2.45, 2.75) is 6.54 Å².